The van der Waals surface area contributed by atoms with Gasteiger partial charge in [0.15, 0.2) is 7.14 Å². The Balaban J connectivity index is 1.33. The van der Waals surface area contributed by atoms with Crippen LogP contribution in [0.15, 0.2) is 206 Å². The Bertz CT molecular complexity index is 2770. The summed E-state index contributed by atoms with van der Waals surface area (Å²) in [5.74, 6) is 0. The zero-order valence-electron chi connectivity index (χ0n) is 28.9. The lowest BCUT2D eigenvalue weighted by Crippen LogP contribution is -2.28. The number of hydrogen-bond donors (Lipinski definition) is 0. The van der Waals surface area contributed by atoms with Gasteiger partial charge >= 0.3 is 0 Å². The molecule has 0 unspecified atom stereocenters. The van der Waals surface area contributed by atoms with Crippen LogP contribution in [0.4, 0.5) is 0 Å². The molecule has 0 saturated heterocycles. The third-order valence-corrected chi connectivity index (χ3v) is 14.1. The molecule has 10 rings (SSSR count). The molecule has 0 aliphatic heterocycles. The van der Waals surface area contributed by atoms with Gasteiger partial charge in [0, 0.05) is 32.2 Å². The molecule has 9 aromatic rings. The molecule has 53 heavy (non-hydrogen) atoms. The highest BCUT2D eigenvalue weighted by molar-refractivity contribution is 7.85. The van der Waals surface area contributed by atoms with Crippen molar-refractivity contribution in [2.45, 2.75) is 5.41 Å². The zero-order chi connectivity index (χ0) is 35.4. The van der Waals surface area contributed by atoms with Crippen molar-refractivity contribution in [1.82, 2.24) is 4.98 Å². The lowest BCUT2D eigenvalue weighted by Gasteiger charge is -2.34. The molecule has 2 nitrogen and oxygen atoms in total. The maximum Gasteiger partial charge on any atom is 0.171 e. The lowest BCUT2D eigenvalue weighted by molar-refractivity contribution is 0.592. The molecule has 1 aliphatic rings. The summed E-state index contributed by atoms with van der Waals surface area (Å²) in [5.41, 5.74) is 9.55. The normalized spacial score (nSPS) is 13.1. The lowest BCUT2D eigenvalue weighted by atomic mass is 9.67. The smallest absolute Gasteiger partial charge is 0.171 e. The SMILES string of the molecule is O=P(c1ccccc1)(c1ccccc1)c1cccc(-c2nc3ccccc3c3ccc4c(c23)-c2ccccc2C4(c2ccccc2)c2ccccc2)c1. The predicted octanol–water partition coefficient (Wildman–Crippen LogP) is 11.1. The topological polar surface area (TPSA) is 30.0 Å². The molecule has 0 saturated carbocycles. The maximum atomic E-state index is 15.6. The third-order valence-electron chi connectivity index (χ3n) is 11.0. The van der Waals surface area contributed by atoms with E-state index in [4.69, 9.17) is 4.98 Å². The summed E-state index contributed by atoms with van der Waals surface area (Å²) < 4.78 is 15.6. The van der Waals surface area contributed by atoms with Gasteiger partial charge < -0.3 is 4.57 Å². The van der Waals surface area contributed by atoms with Gasteiger partial charge in [0.1, 0.15) is 0 Å². The van der Waals surface area contributed by atoms with Crippen molar-refractivity contribution in [3.05, 3.63) is 229 Å². The van der Waals surface area contributed by atoms with E-state index in [1.165, 1.54) is 33.4 Å². The van der Waals surface area contributed by atoms with E-state index in [-0.39, 0.29) is 0 Å². The highest BCUT2D eigenvalue weighted by atomic mass is 31.2. The van der Waals surface area contributed by atoms with Crippen LogP contribution >= 0.6 is 7.14 Å². The fraction of sp³-hybridized carbons (Fsp3) is 0.0200. The molecule has 0 amide bonds. The molecule has 0 atom stereocenters. The summed E-state index contributed by atoms with van der Waals surface area (Å²) in [4.78, 5) is 5.50. The Morgan fingerprint density at radius 1 is 0.434 bits per heavy atom. The summed E-state index contributed by atoms with van der Waals surface area (Å²) in [6.07, 6.45) is 0. The van der Waals surface area contributed by atoms with Gasteiger partial charge in [0.05, 0.1) is 16.6 Å². The van der Waals surface area contributed by atoms with Gasteiger partial charge in [-0.15, -0.1) is 0 Å². The molecule has 1 heterocycles. The number of aromatic nitrogens is 1. The molecule has 8 aromatic carbocycles. The summed E-state index contributed by atoms with van der Waals surface area (Å²) >= 11 is 0. The van der Waals surface area contributed by atoms with E-state index in [1.54, 1.807) is 0 Å². The van der Waals surface area contributed by atoms with Crippen molar-refractivity contribution in [2.24, 2.45) is 0 Å². The number of nitrogens with zero attached hydrogens (tertiary/aromatic N) is 1. The first-order valence-electron chi connectivity index (χ1n) is 18.1. The summed E-state index contributed by atoms with van der Waals surface area (Å²) in [6, 6.07) is 71.9. The van der Waals surface area contributed by atoms with Crippen LogP contribution in [-0.2, 0) is 9.98 Å². The molecular weight excluding hydrogens is 662 g/mol. The van der Waals surface area contributed by atoms with Gasteiger partial charge in [-0.1, -0.05) is 194 Å². The van der Waals surface area contributed by atoms with Gasteiger partial charge in [0.2, 0.25) is 0 Å². The molecule has 1 aliphatic carbocycles. The number of rotatable bonds is 6. The average molecular weight is 696 g/mol. The fourth-order valence-electron chi connectivity index (χ4n) is 8.76. The van der Waals surface area contributed by atoms with Crippen molar-refractivity contribution < 1.29 is 4.57 Å². The van der Waals surface area contributed by atoms with Crippen LogP contribution in [0.2, 0.25) is 0 Å². The standard InChI is InChI=1S/C50H34NOP/c52-53(38-23-9-3-10-24-38,39-25-11-4-12-26-39)40-27-17-18-35(34-40)49-48-42(41-28-14-16-31-46(41)51-49)32-33-45-47(48)43-29-13-15-30-44(43)50(45,36-19-5-1-6-20-36)37-21-7-2-8-22-37/h1-34H. The highest BCUT2D eigenvalue weighted by Crippen LogP contribution is 2.59. The van der Waals surface area contributed by atoms with Crippen LogP contribution in [0.5, 0.6) is 0 Å². The minimum atomic E-state index is -3.23. The molecule has 0 bridgehead atoms. The van der Waals surface area contributed by atoms with Crippen LogP contribution in [0, 0.1) is 0 Å². The van der Waals surface area contributed by atoms with Crippen molar-refractivity contribution >= 4 is 44.7 Å². The van der Waals surface area contributed by atoms with Crippen molar-refractivity contribution in [3.63, 3.8) is 0 Å². The highest BCUT2D eigenvalue weighted by Gasteiger charge is 2.47. The molecule has 3 heteroatoms. The van der Waals surface area contributed by atoms with Gasteiger partial charge in [-0.3, -0.25) is 0 Å². The maximum absolute atomic E-state index is 15.6. The number of fused-ring (bicyclic) bond motifs is 7. The van der Waals surface area contributed by atoms with Gasteiger partial charge in [-0.25, -0.2) is 4.98 Å². The van der Waals surface area contributed by atoms with E-state index >= 15 is 4.57 Å². The first-order chi connectivity index (χ1) is 26.2. The van der Waals surface area contributed by atoms with Crippen LogP contribution in [0.1, 0.15) is 22.3 Å². The van der Waals surface area contributed by atoms with Crippen molar-refractivity contribution in [3.8, 4) is 22.4 Å². The third kappa shape index (κ3) is 4.66. The Kier molecular flexibility index (Phi) is 7.35. The molecule has 0 fully saturated rings. The second-order valence-corrected chi connectivity index (χ2v) is 16.5. The molecule has 1 aromatic heterocycles. The quantitative estimate of drug-likeness (QED) is 0.128. The van der Waals surface area contributed by atoms with Crippen LogP contribution in [0.25, 0.3) is 44.1 Å². The Morgan fingerprint density at radius 3 is 1.64 bits per heavy atom. The second-order valence-electron chi connectivity index (χ2n) is 13.7. The fourth-order valence-corrected chi connectivity index (χ4v) is 11.5. The van der Waals surface area contributed by atoms with Crippen molar-refractivity contribution in [1.29, 1.82) is 0 Å². The van der Waals surface area contributed by atoms with Gasteiger partial charge in [0.25, 0.3) is 0 Å². The Labute approximate surface area is 309 Å². The average Bonchev–Trinajstić information content (AvgIpc) is 3.55. The van der Waals surface area contributed by atoms with E-state index in [0.717, 1.165) is 48.8 Å². The Hall–Kier alpha value is -6.34. The van der Waals surface area contributed by atoms with E-state index in [0.29, 0.717) is 0 Å². The first-order valence-corrected chi connectivity index (χ1v) is 19.8. The summed E-state index contributed by atoms with van der Waals surface area (Å²) in [5, 5.41) is 5.77. The number of hydrogen-bond acceptors (Lipinski definition) is 2. The molecule has 0 radical (unpaired) electrons. The summed E-state index contributed by atoms with van der Waals surface area (Å²) in [7, 11) is -3.23. The van der Waals surface area contributed by atoms with Gasteiger partial charge in [-0.05, 0) is 50.9 Å². The molecule has 0 spiro atoms. The molecule has 0 N–H and O–H groups in total. The Morgan fingerprint density at radius 2 is 0.981 bits per heavy atom. The van der Waals surface area contributed by atoms with Crippen LogP contribution in [0.3, 0.4) is 0 Å². The van der Waals surface area contributed by atoms with Crippen molar-refractivity contribution in [2.75, 3.05) is 0 Å². The zero-order valence-corrected chi connectivity index (χ0v) is 29.8. The van der Waals surface area contributed by atoms with E-state index < -0.39 is 12.6 Å². The van der Waals surface area contributed by atoms with E-state index in [1.807, 2.05) is 72.8 Å². The monoisotopic (exact) mass is 695 g/mol. The van der Waals surface area contributed by atoms with E-state index in [2.05, 4.69) is 133 Å². The van der Waals surface area contributed by atoms with Crippen LogP contribution < -0.4 is 15.9 Å². The summed E-state index contributed by atoms with van der Waals surface area (Å²) in [6.45, 7) is 0. The first kappa shape index (κ1) is 31.4. The van der Waals surface area contributed by atoms with E-state index in [9.17, 15) is 0 Å². The second kappa shape index (κ2) is 12.4. The molecule has 250 valence electrons. The number of para-hydroxylation sites is 1. The number of benzene rings is 8. The minimum absolute atomic E-state index is 0.538. The minimum Gasteiger partial charge on any atom is -0.309 e. The van der Waals surface area contributed by atoms with Gasteiger partial charge in [-0.2, -0.15) is 0 Å². The molecular formula is C50H34NOP. The predicted molar refractivity (Wildman–Crippen MR) is 221 cm³/mol. The number of pyridine rings is 1. The van der Waals surface area contributed by atoms with Crippen LogP contribution in [-0.4, -0.2) is 4.98 Å². The largest absolute Gasteiger partial charge is 0.309 e.